The van der Waals surface area contributed by atoms with Crippen LogP contribution < -0.4 is 14.8 Å². The molecule has 156 valence electrons. The highest BCUT2D eigenvalue weighted by Gasteiger charge is 2.30. The van der Waals surface area contributed by atoms with Gasteiger partial charge in [-0.05, 0) is 56.2 Å². The zero-order chi connectivity index (χ0) is 21.0. The highest BCUT2D eigenvalue weighted by Crippen LogP contribution is 2.30. The Morgan fingerprint density at radius 2 is 1.79 bits per heavy atom. The fraction of sp³-hybridized carbons (Fsp3) is 0.381. The van der Waals surface area contributed by atoms with Crippen molar-refractivity contribution in [3.05, 3.63) is 48.0 Å². The molecule has 8 heteroatoms. The largest absolute Gasteiger partial charge is 0.497 e. The fourth-order valence-corrected chi connectivity index (χ4v) is 5.14. The van der Waals surface area contributed by atoms with Crippen LogP contribution in [0.15, 0.2) is 47.4 Å². The SMILES string of the molecule is COc1ccc(NC(=O)c2ccc(S(=O)(=O)N3CCCCC3C)cc2)c(OC)c1. The Bertz CT molecular complexity index is 973. The molecule has 0 radical (unpaired) electrons. The summed E-state index contributed by atoms with van der Waals surface area (Å²) in [5.41, 5.74) is 0.852. The van der Waals surface area contributed by atoms with Gasteiger partial charge in [0.2, 0.25) is 10.0 Å². The summed E-state index contributed by atoms with van der Waals surface area (Å²) >= 11 is 0. The first-order valence-electron chi connectivity index (χ1n) is 9.52. The standard InChI is InChI=1S/C21H26N2O5S/c1-15-6-4-5-13-23(15)29(25,26)18-10-7-16(8-11-18)21(24)22-19-12-9-17(27-2)14-20(19)28-3/h7-12,14-15H,4-6,13H2,1-3H3,(H,22,24). The summed E-state index contributed by atoms with van der Waals surface area (Å²) in [5, 5.41) is 2.78. The summed E-state index contributed by atoms with van der Waals surface area (Å²) in [6.45, 7) is 2.46. The molecule has 0 aliphatic carbocycles. The minimum Gasteiger partial charge on any atom is -0.497 e. The average molecular weight is 419 g/mol. The van der Waals surface area contributed by atoms with E-state index < -0.39 is 10.0 Å². The van der Waals surface area contributed by atoms with Crippen LogP contribution in [-0.2, 0) is 10.0 Å². The van der Waals surface area contributed by atoms with Crippen LogP contribution in [0.25, 0.3) is 0 Å². The number of amides is 1. The Kier molecular flexibility index (Phi) is 6.44. The van der Waals surface area contributed by atoms with Crippen molar-refractivity contribution in [2.45, 2.75) is 37.1 Å². The van der Waals surface area contributed by atoms with Crippen LogP contribution in [0.2, 0.25) is 0 Å². The zero-order valence-electron chi connectivity index (χ0n) is 16.8. The number of hydrogen-bond acceptors (Lipinski definition) is 5. The number of nitrogens with zero attached hydrogens (tertiary/aromatic N) is 1. The predicted molar refractivity (Wildman–Crippen MR) is 111 cm³/mol. The van der Waals surface area contributed by atoms with Crippen LogP contribution >= 0.6 is 0 Å². The molecule has 29 heavy (non-hydrogen) atoms. The molecule has 7 nitrogen and oxygen atoms in total. The van der Waals surface area contributed by atoms with Crippen LogP contribution in [-0.4, -0.2) is 45.4 Å². The van der Waals surface area contributed by atoms with Crippen molar-refractivity contribution in [3.8, 4) is 11.5 Å². The molecule has 1 heterocycles. The minimum absolute atomic E-state index is 0.0146. The lowest BCUT2D eigenvalue weighted by molar-refractivity contribution is 0.102. The number of ether oxygens (including phenoxy) is 2. The van der Waals surface area contributed by atoms with Crippen molar-refractivity contribution in [2.24, 2.45) is 0 Å². The van der Waals surface area contributed by atoms with Crippen LogP contribution in [0, 0.1) is 0 Å². The Hall–Kier alpha value is -2.58. The second-order valence-electron chi connectivity index (χ2n) is 7.01. The van der Waals surface area contributed by atoms with Gasteiger partial charge in [-0.25, -0.2) is 8.42 Å². The van der Waals surface area contributed by atoms with Crippen LogP contribution in [0.3, 0.4) is 0 Å². The summed E-state index contributed by atoms with van der Waals surface area (Å²) in [6, 6.07) is 11.1. The average Bonchev–Trinajstić information content (AvgIpc) is 2.74. The molecule has 2 aromatic carbocycles. The van der Waals surface area contributed by atoms with Crippen molar-refractivity contribution < 1.29 is 22.7 Å². The van der Waals surface area contributed by atoms with Crippen LogP contribution in [0.4, 0.5) is 5.69 Å². The molecule has 1 fully saturated rings. The van der Waals surface area contributed by atoms with Gasteiger partial charge in [-0.1, -0.05) is 6.42 Å². The molecule has 1 saturated heterocycles. The number of piperidine rings is 1. The molecule has 0 spiro atoms. The maximum atomic E-state index is 12.9. The molecule has 0 aromatic heterocycles. The first-order valence-corrected chi connectivity index (χ1v) is 11.0. The van der Waals surface area contributed by atoms with Gasteiger partial charge in [0.1, 0.15) is 11.5 Å². The maximum absolute atomic E-state index is 12.9. The Labute approximate surface area is 171 Å². The molecule has 3 rings (SSSR count). The number of hydrogen-bond donors (Lipinski definition) is 1. The van der Waals surface area contributed by atoms with Gasteiger partial charge in [-0.2, -0.15) is 4.31 Å². The van der Waals surface area contributed by atoms with E-state index in [2.05, 4.69) is 5.32 Å². The van der Waals surface area contributed by atoms with Crippen molar-refractivity contribution in [1.29, 1.82) is 0 Å². The van der Waals surface area contributed by atoms with E-state index in [9.17, 15) is 13.2 Å². The number of carbonyl (C=O) groups excluding carboxylic acids is 1. The molecule has 1 aliphatic heterocycles. The number of sulfonamides is 1. The zero-order valence-corrected chi connectivity index (χ0v) is 17.7. The van der Waals surface area contributed by atoms with Crippen molar-refractivity contribution in [3.63, 3.8) is 0 Å². The molecule has 0 bridgehead atoms. The van der Waals surface area contributed by atoms with Gasteiger partial charge in [0.25, 0.3) is 5.91 Å². The minimum atomic E-state index is -3.56. The number of benzene rings is 2. The first kappa shape index (κ1) is 21.1. The van der Waals surface area contributed by atoms with Crippen LogP contribution in [0.5, 0.6) is 11.5 Å². The highest BCUT2D eigenvalue weighted by atomic mass is 32.2. The number of methoxy groups -OCH3 is 2. The quantitative estimate of drug-likeness (QED) is 0.776. The highest BCUT2D eigenvalue weighted by molar-refractivity contribution is 7.89. The fourth-order valence-electron chi connectivity index (χ4n) is 3.44. The molecule has 2 aromatic rings. The lowest BCUT2D eigenvalue weighted by Crippen LogP contribution is -2.41. The van der Waals surface area contributed by atoms with Gasteiger partial charge in [0, 0.05) is 24.2 Å². The number of anilines is 1. The summed E-state index contributed by atoms with van der Waals surface area (Å²) < 4.78 is 37.8. The Morgan fingerprint density at radius 3 is 2.41 bits per heavy atom. The first-order chi connectivity index (χ1) is 13.9. The van der Waals surface area contributed by atoms with E-state index >= 15 is 0 Å². The predicted octanol–water partition coefficient (Wildman–Crippen LogP) is 3.52. The van der Waals surface area contributed by atoms with Crippen molar-refractivity contribution >= 4 is 21.6 Å². The van der Waals surface area contributed by atoms with E-state index in [-0.39, 0.29) is 16.8 Å². The third kappa shape index (κ3) is 4.54. The molecular formula is C21H26N2O5S. The van der Waals surface area contributed by atoms with E-state index in [1.807, 2.05) is 6.92 Å². The van der Waals surface area contributed by atoms with E-state index in [0.717, 1.165) is 19.3 Å². The topological polar surface area (TPSA) is 84.9 Å². The second-order valence-corrected chi connectivity index (χ2v) is 8.90. The molecule has 1 N–H and O–H groups in total. The summed E-state index contributed by atoms with van der Waals surface area (Å²) in [5.74, 6) is 0.723. The van der Waals surface area contributed by atoms with Gasteiger partial charge >= 0.3 is 0 Å². The van der Waals surface area contributed by atoms with Crippen molar-refractivity contribution in [1.82, 2.24) is 4.31 Å². The lowest BCUT2D eigenvalue weighted by Gasteiger charge is -2.32. The van der Waals surface area contributed by atoms with E-state index in [0.29, 0.717) is 29.3 Å². The number of nitrogens with one attached hydrogen (secondary N) is 1. The molecule has 1 aliphatic rings. The monoisotopic (exact) mass is 418 g/mol. The van der Waals surface area contributed by atoms with Gasteiger partial charge in [-0.3, -0.25) is 4.79 Å². The molecule has 1 atom stereocenters. The third-order valence-corrected chi connectivity index (χ3v) is 7.15. The molecular weight excluding hydrogens is 392 g/mol. The van der Waals surface area contributed by atoms with Crippen LogP contribution in [0.1, 0.15) is 36.5 Å². The summed E-state index contributed by atoms with van der Waals surface area (Å²) in [6.07, 6.45) is 2.78. The van der Waals surface area contributed by atoms with Gasteiger partial charge in [0.15, 0.2) is 0 Å². The Morgan fingerprint density at radius 1 is 1.07 bits per heavy atom. The molecule has 0 saturated carbocycles. The molecule has 1 amide bonds. The second kappa shape index (κ2) is 8.84. The molecule has 1 unspecified atom stereocenters. The van der Waals surface area contributed by atoms with E-state index in [1.54, 1.807) is 29.6 Å². The van der Waals surface area contributed by atoms with Gasteiger partial charge in [-0.15, -0.1) is 0 Å². The van der Waals surface area contributed by atoms with Crippen molar-refractivity contribution in [2.75, 3.05) is 26.1 Å². The number of carbonyl (C=O) groups is 1. The Balaban J connectivity index is 1.77. The summed E-state index contributed by atoms with van der Waals surface area (Å²) in [4.78, 5) is 12.8. The van der Waals surface area contributed by atoms with Gasteiger partial charge in [0.05, 0.1) is 24.8 Å². The summed E-state index contributed by atoms with van der Waals surface area (Å²) in [7, 11) is -0.509. The normalized spacial score (nSPS) is 17.6. The smallest absolute Gasteiger partial charge is 0.255 e. The number of rotatable bonds is 6. The maximum Gasteiger partial charge on any atom is 0.255 e. The third-order valence-electron chi connectivity index (χ3n) is 5.12. The van der Waals surface area contributed by atoms with E-state index in [4.69, 9.17) is 9.47 Å². The van der Waals surface area contributed by atoms with Gasteiger partial charge < -0.3 is 14.8 Å². The van der Waals surface area contributed by atoms with E-state index in [1.165, 1.54) is 31.4 Å². The lowest BCUT2D eigenvalue weighted by atomic mass is 10.1.